The van der Waals surface area contributed by atoms with Crippen LogP contribution < -0.4 is 19.8 Å². The number of fused-ring (bicyclic) bond motifs is 10. The Bertz CT molecular complexity index is 2230. The van der Waals surface area contributed by atoms with Gasteiger partial charge in [0.25, 0.3) is 0 Å². The van der Waals surface area contributed by atoms with Crippen molar-refractivity contribution in [2.24, 2.45) is 29.6 Å². The average Bonchev–Trinajstić information content (AvgIpc) is 3.83. The van der Waals surface area contributed by atoms with Crippen LogP contribution in [0.1, 0.15) is 22.8 Å². The van der Waals surface area contributed by atoms with Crippen LogP contribution >= 0.6 is 34.7 Å². The van der Waals surface area contributed by atoms with E-state index < -0.39 is 11.8 Å². The zero-order valence-electron chi connectivity index (χ0n) is 26.2. The number of hydrogen-bond acceptors (Lipinski definition) is 7. The number of amides is 3. The number of thiazole rings is 1. The number of anilines is 2. The highest BCUT2D eigenvalue weighted by Crippen LogP contribution is 2.69. The number of imide groups is 1. The molecule has 49 heavy (non-hydrogen) atoms. The largest absolute Gasteiger partial charge is 0.497 e. The predicted molar refractivity (Wildman–Crippen MR) is 192 cm³/mol. The topological polar surface area (TPSA) is 97.7 Å². The lowest BCUT2D eigenvalue weighted by molar-refractivity contribution is -0.123. The van der Waals surface area contributed by atoms with Gasteiger partial charge >= 0.3 is 4.87 Å². The van der Waals surface area contributed by atoms with Gasteiger partial charge < -0.3 is 10.1 Å². The molecule has 2 saturated carbocycles. The van der Waals surface area contributed by atoms with Crippen LogP contribution in [-0.2, 0) is 20.9 Å². The zero-order valence-corrected chi connectivity index (χ0v) is 28.6. The Morgan fingerprint density at radius 3 is 2.35 bits per heavy atom. The first-order chi connectivity index (χ1) is 23.8. The van der Waals surface area contributed by atoms with Crippen molar-refractivity contribution in [1.82, 2.24) is 4.57 Å². The van der Waals surface area contributed by atoms with E-state index in [4.69, 9.17) is 16.3 Å². The van der Waals surface area contributed by atoms with E-state index >= 15 is 0 Å². The molecule has 246 valence electrons. The van der Waals surface area contributed by atoms with Gasteiger partial charge in [-0.3, -0.25) is 28.6 Å². The minimum atomic E-state index is -0.421. The summed E-state index contributed by atoms with van der Waals surface area (Å²) in [5.74, 6) is -0.897. The van der Waals surface area contributed by atoms with E-state index in [9.17, 15) is 19.2 Å². The molecule has 8 nitrogen and oxygen atoms in total. The maximum atomic E-state index is 14.1. The highest BCUT2D eigenvalue weighted by molar-refractivity contribution is 8.00. The number of nitrogens with zero attached hydrogens (tertiary/aromatic N) is 2. The summed E-state index contributed by atoms with van der Waals surface area (Å²) < 4.78 is 7.05. The van der Waals surface area contributed by atoms with Crippen LogP contribution in [0.15, 0.2) is 101 Å². The number of ether oxygens (including phenoxy) is 1. The maximum absolute atomic E-state index is 14.1. The molecule has 5 aromatic rings. The van der Waals surface area contributed by atoms with Gasteiger partial charge in [-0.25, -0.2) is 0 Å². The van der Waals surface area contributed by atoms with Gasteiger partial charge in [-0.1, -0.05) is 65.4 Å². The van der Waals surface area contributed by atoms with Crippen molar-refractivity contribution >= 4 is 74.6 Å². The minimum absolute atomic E-state index is 0.00318. The molecule has 1 aromatic heterocycles. The van der Waals surface area contributed by atoms with E-state index in [0.29, 0.717) is 16.4 Å². The minimum Gasteiger partial charge on any atom is -0.497 e. The molecule has 4 aromatic carbocycles. The molecule has 4 aliphatic rings. The van der Waals surface area contributed by atoms with Crippen LogP contribution in [0.5, 0.6) is 5.75 Å². The van der Waals surface area contributed by atoms with Crippen molar-refractivity contribution in [3.8, 4) is 5.75 Å². The first-order valence-corrected chi connectivity index (χ1v) is 18.3. The number of rotatable bonds is 6. The average molecular weight is 708 g/mol. The summed E-state index contributed by atoms with van der Waals surface area (Å²) in [6, 6.07) is 28.5. The fraction of sp³-hybridized carbons (Fsp3) is 0.263. The summed E-state index contributed by atoms with van der Waals surface area (Å²) in [6.07, 6.45) is 0.776. The quantitative estimate of drug-likeness (QED) is 0.190. The van der Waals surface area contributed by atoms with Gasteiger partial charge in [0.2, 0.25) is 17.7 Å². The molecule has 3 amide bonds. The van der Waals surface area contributed by atoms with E-state index in [0.717, 1.165) is 38.4 Å². The monoisotopic (exact) mass is 707 g/mol. The van der Waals surface area contributed by atoms with Gasteiger partial charge in [-0.2, -0.15) is 0 Å². The summed E-state index contributed by atoms with van der Waals surface area (Å²) >= 11 is 8.92. The van der Waals surface area contributed by atoms with Gasteiger partial charge in [0.1, 0.15) is 12.3 Å². The van der Waals surface area contributed by atoms with Crippen molar-refractivity contribution in [1.29, 1.82) is 0 Å². The maximum Gasteiger partial charge on any atom is 0.308 e. The first-order valence-electron chi connectivity index (χ1n) is 16.3. The van der Waals surface area contributed by atoms with Crippen molar-refractivity contribution in [2.45, 2.75) is 29.2 Å². The molecule has 1 saturated heterocycles. The van der Waals surface area contributed by atoms with Crippen LogP contribution in [0.2, 0.25) is 5.02 Å². The van der Waals surface area contributed by atoms with E-state index in [2.05, 4.69) is 5.32 Å². The van der Waals surface area contributed by atoms with Gasteiger partial charge in [-0.05, 0) is 89.0 Å². The van der Waals surface area contributed by atoms with Crippen LogP contribution in [-0.4, -0.2) is 34.6 Å². The number of hydrogen-bond donors (Lipinski definition) is 1. The standard InChI is InChI=1S/C38H30ClN3O5S2/c1-47-25-14-7-20(8-15-25)29-30-26-17-27(32-31(26)35(44)42(36(32)45)24-12-9-22(39)10-13-24)33(30)48-37-34(29)49-38(46)41(37)18-28(43)40-23-11-6-19-4-2-3-5-21(19)16-23/h2-16,26-27,29-33H,17-18H2,1H3,(H,40,43). The SMILES string of the molecule is COc1ccc(C2c3sc(=O)n(CC(=O)Nc4ccc5ccccc5c4)c3SC3C4CC(C5C(=O)N(c6ccc(Cl)cc6)C(=O)C45)C23)cc1. The second-order valence-corrected chi connectivity index (χ2v) is 15.8. The van der Waals surface area contributed by atoms with Crippen molar-refractivity contribution in [3.63, 3.8) is 0 Å². The second-order valence-electron chi connectivity index (χ2n) is 13.2. The smallest absolute Gasteiger partial charge is 0.308 e. The fourth-order valence-electron chi connectivity index (χ4n) is 8.89. The Morgan fingerprint density at radius 2 is 1.61 bits per heavy atom. The predicted octanol–water partition coefficient (Wildman–Crippen LogP) is 7.04. The molecule has 1 N–H and O–H groups in total. The Labute approximate surface area is 295 Å². The molecule has 7 atom stereocenters. The molecule has 3 heterocycles. The number of carbonyl (C=O) groups excluding carboxylic acids is 3. The van der Waals surface area contributed by atoms with Gasteiger partial charge in [0.05, 0.1) is 29.7 Å². The van der Waals surface area contributed by atoms with Crippen LogP contribution in [0, 0.1) is 29.6 Å². The molecule has 2 aliphatic heterocycles. The number of nitrogens with one attached hydrogen (secondary N) is 1. The van der Waals surface area contributed by atoms with E-state index in [1.807, 2.05) is 66.7 Å². The van der Waals surface area contributed by atoms with E-state index in [-0.39, 0.29) is 58.1 Å². The van der Waals surface area contributed by atoms with Gasteiger partial charge in [0, 0.05) is 26.8 Å². The molecule has 2 bridgehead atoms. The normalized spacial score (nSPS) is 26.5. The molecule has 9 rings (SSSR count). The van der Waals surface area contributed by atoms with Crippen molar-refractivity contribution < 1.29 is 19.1 Å². The summed E-state index contributed by atoms with van der Waals surface area (Å²) in [7, 11) is 1.63. The molecule has 2 aliphatic carbocycles. The molecular weight excluding hydrogens is 678 g/mol. The van der Waals surface area contributed by atoms with Crippen LogP contribution in [0.4, 0.5) is 11.4 Å². The molecular formula is C38H30ClN3O5S2. The van der Waals surface area contributed by atoms with Gasteiger partial charge in [-0.15, -0.1) is 11.8 Å². The lowest BCUT2D eigenvalue weighted by Crippen LogP contribution is -2.43. The van der Waals surface area contributed by atoms with Crippen molar-refractivity contribution in [3.05, 3.63) is 116 Å². The summed E-state index contributed by atoms with van der Waals surface area (Å²) in [4.78, 5) is 57.4. The highest BCUT2D eigenvalue weighted by atomic mass is 35.5. The number of aromatic nitrogens is 1. The summed E-state index contributed by atoms with van der Waals surface area (Å²) in [5.41, 5.74) is 2.24. The fourth-order valence-corrected chi connectivity index (χ4v) is 12.2. The van der Waals surface area contributed by atoms with Gasteiger partial charge in [0.15, 0.2) is 0 Å². The number of thioether (sulfide) groups is 1. The van der Waals surface area contributed by atoms with Crippen molar-refractivity contribution in [2.75, 3.05) is 17.3 Å². The summed E-state index contributed by atoms with van der Waals surface area (Å²) in [5, 5.41) is 6.39. The third-order valence-corrected chi connectivity index (χ3v) is 13.9. The first kappa shape index (κ1) is 30.7. The number of benzene rings is 4. The zero-order chi connectivity index (χ0) is 33.6. The number of methoxy groups -OCH3 is 1. The number of carbonyl (C=O) groups is 3. The summed E-state index contributed by atoms with van der Waals surface area (Å²) in [6.45, 7) is -0.126. The molecule has 0 radical (unpaired) electrons. The Balaban J connectivity index is 1.08. The van der Waals surface area contributed by atoms with Crippen LogP contribution in [0.25, 0.3) is 10.8 Å². The Kier molecular flexibility index (Phi) is 7.26. The third kappa shape index (κ3) is 4.79. The molecule has 3 fully saturated rings. The third-order valence-electron chi connectivity index (χ3n) is 10.8. The van der Waals surface area contributed by atoms with E-state index in [1.165, 1.54) is 16.2 Å². The lowest BCUT2D eigenvalue weighted by Gasteiger charge is -2.43. The molecule has 11 heteroatoms. The lowest BCUT2D eigenvalue weighted by atomic mass is 9.68. The van der Waals surface area contributed by atoms with Crippen LogP contribution in [0.3, 0.4) is 0 Å². The second kappa shape index (κ2) is 11.6. The molecule has 7 unspecified atom stereocenters. The highest BCUT2D eigenvalue weighted by Gasteiger charge is 2.69. The number of halogens is 1. The van der Waals surface area contributed by atoms with E-state index in [1.54, 1.807) is 47.7 Å². The Hall–Kier alpha value is -4.38. The Morgan fingerprint density at radius 1 is 0.898 bits per heavy atom. The molecule has 0 spiro atoms.